The summed E-state index contributed by atoms with van der Waals surface area (Å²) in [6.45, 7) is 4.10. The molecular weight excluding hydrogens is 390 g/mol. The zero-order chi connectivity index (χ0) is 20.8. The van der Waals surface area contributed by atoms with Gasteiger partial charge in [0, 0.05) is 49.5 Å². The molecule has 0 spiro atoms. The number of anilines is 1. The summed E-state index contributed by atoms with van der Waals surface area (Å²) in [5.74, 6) is 0.740. The van der Waals surface area contributed by atoms with Crippen LogP contribution in [0.4, 0.5) is 5.69 Å². The molecule has 2 N–H and O–H groups in total. The average Bonchev–Trinajstić information content (AvgIpc) is 3.43. The van der Waals surface area contributed by atoms with E-state index in [0.29, 0.717) is 0 Å². The van der Waals surface area contributed by atoms with Crippen LogP contribution in [0.3, 0.4) is 0 Å². The molecule has 0 bridgehead atoms. The van der Waals surface area contributed by atoms with Crippen LogP contribution in [0.5, 0.6) is 0 Å². The Kier molecular flexibility index (Phi) is 4.13. The van der Waals surface area contributed by atoms with Crippen molar-refractivity contribution in [3.63, 3.8) is 0 Å². The molecule has 0 radical (unpaired) electrons. The molecule has 1 aromatic carbocycles. The van der Waals surface area contributed by atoms with E-state index in [9.17, 15) is 0 Å². The number of fused-ring (bicyclic) bond motifs is 2. The number of likely N-dealkylation sites (N-methyl/N-ethyl adjacent to an activating group) is 1. The van der Waals surface area contributed by atoms with Gasteiger partial charge in [0.25, 0.3) is 0 Å². The number of benzene rings is 1. The molecule has 0 aliphatic carbocycles. The van der Waals surface area contributed by atoms with Gasteiger partial charge in [0.05, 0.1) is 28.6 Å². The van der Waals surface area contributed by atoms with Crippen LogP contribution in [-0.4, -0.2) is 73.2 Å². The summed E-state index contributed by atoms with van der Waals surface area (Å²) < 4.78 is 0. The average molecular weight is 411 g/mol. The third kappa shape index (κ3) is 3.10. The number of rotatable bonds is 3. The van der Waals surface area contributed by atoms with Gasteiger partial charge in [0.2, 0.25) is 0 Å². The molecule has 31 heavy (non-hydrogen) atoms. The van der Waals surface area contributed by atoms with E-state index < -0.39 is 0 Å². The first-order valence-corrected chi connectivity index (χ1v) is 10.3. The Bertz CT molecular complexity index is 1360. The SMILES string of the molecule is CN1CCN(c2cccc3[nH]c(-c4n[nH]c5cnc(-c6cncnc6)cc45)nc23)CC1. The molecule has 9 heteroatoms. The first-order valence-electron chi connectivity index (χ1n) is 10.3. The molecule has 1 saturated heterocycles. The molecule has 9 nitrogen and oxygen atoms in total. The summed E-state index contributed by atoms with van der Waals surface area (Å²) in [5, 5.41) is 8.56. The lowest BCUT2D eigenvalue weighted by Crippen LogP contribution is -2.44. The zero-order valence-electron chi connectivity index (χ0n) is 17.1. The minimum absolute atomic E-state index is 0.740. The van der Waals surface area contributed by atoms with Gasteiger partial charge in [-0.15, -0.1) is 0 Å². The van der Waals surface area contributed by atoms with Crippen LogP contribution in [0, 0.1) is 0 Å². The van der Waals surface area contributed by atoms with Gasteiger partial charge in [0.15, 0.2) is 5.82 Å². The third-order valence-corrected chi connectivity index (χ3v) is 5.86. The number of nitrogens with zero attached hydrogens (tertiary/aromatic N) is 7. The molecule has 0 amide bonds. The van der Waals surface area contributed by atoms with Gasteiger partial charge in [0.1, 0.15) is 17.5 Å². The van der Waals surface area contributed by atoms with Crippen LogP contribution in [0.15, 0.2) is 49.2 Å². The number of hydrogen-bond acceptors (Lipinski definition) is 7. The Balaban J connectivity index is 1.44. The fourth-order valence-corrected chi connectivity index (χ4v) is 4.12. The van der Waals surface area contributed by atoms with E-state index in [0.717, 1.165) is 76.6 Å². The first kappa shape index (κ1) is 18.0. The maximum absolute atomic E-state index is 4.96. The van der Waals surface area contributed by atoms with Crippen LogP contribution < -0.4 is 4.90 Å². The highest BCUT2D eigenvalue weighted by Crippen LogP contribution is 2.32. The number of hydrogen-bond donors (Lipinski definition) is 2. The topological polar surface area (TPSA) is 103 Å². The highest BCUT2D eigenvalue weighted by Gasteiger charge is 2.20. The van der Waals surface area contributed by atoms with Crippen molar-refractivity contribution in [2.45, 2.75) is 0 Å². The van der Waals surface area contributed by atoms with Crippen molar-refractivity contribution in [3.8, 4) is 22.8 Å². The summed E-state index contributed by atoms with van der Waals surface area (Å²) in [6, 6.07) is 8.30. The Morgan fingerprint density at radius 3 is 2.65 bits per heavy atom. The minimum Gasteiger partial charge on any atom is -0.367 e. The number of imidazole rings is 1. The second-order valence-corrected chi connectivity index (χ2v) is 7.86. The third-order valence-electron chi connectivity index (χ3n) is 5.86. The van der Waals surface area contributed by atoms with Gasteiger partial charge in [-0.2, -0.15) is 5.10 Å². The van der Waals surface area contributed by atoms with E-state index in [4.69, 9.17) is 4.98 Å². The maximum Gasteiger partial charge on any atom is 0.159 e. The van der Waals surface area contributed by atoms with E-state index in [1.807, 2.05) is 6.07 Å². The number of piperazine rings is 1. The summed E-state index contributed by atoms with van der Waals surface area (Å²) in [7, 11) is 2.16. The van der Waals surface area contributed by atoms with Crippen molar-refractivity contribution in [3.05, 3.63) is 49.2 Å². The molecule has 4 aromatic heterocycles. The molecule has 0 unspecified atom stereocenters. The number of aromatic nitrogens is 7. The standard InChI is InChI=1S/C22H21N9/c1-30-5-7-31(8-6-30)19-4-2-3-16-21(19)27-22(26-16)20-15-9-17(14-10-23-13-24-11-14)25-12-18(15)28-29-20/h2-4,9-13H,5-8H2,1H3,(H,26,27)(H,28,29). The molecule has 1 fully saturated rings. The van der Waals surface area contributed by atoms with Gasteiger partial charge in [-0.3, -0.25) is 10.1 Å². The van der Waals surface area contributed by atoms with Gasteiger partial charge in [-0.25, -0.2) is 15.0 Å². The molecule has 1 aliphatic heterocycles. The van der Waals surface area contributed by atoms with Crippen molar-refractivity contribution in [2.75, 3.05) is 38.1 Å². The van der Waals surface area contributed by atoms with Crippen LogP contribution >= 0.6 is 0 Å². The number of nitrogens with one attached hydrogen (secondary N) is 2. The Hall–Kier alpha value is -3.85. The Morgan fingerprint density at radius 2 is 1.81 bits per heavy atom. The lowest BCUT2D eigenvalue weighted by Gasteiger charge is -2.34. The van der Waals surface area contributed by atoms with Crippen LogP contribution in [-0.2, 0) is 0 Å². The predicted octanol–water partition coefficient (Wildman–Crippen LogP) is 2.71. The maximum atomic E-state index is 4.96. The van der Waals surface area contributed by atoms with Gasteiger partial charge >= 0.3 is 0 Å². The Morgan fingerprint density at radius 1 is 0.968 bits per heavy atom. The predicted molar refractivity (Wildman–Crippen MR) is 120 cm³/mol. The highest BCUT2D eigenvalue weighted by atomic mass is 15.3. The second kappa shape index (κ2) is 7.13. The number of aromatic amines is 2. The second-order valence-electron chi connectivity index (χ2n) is 7.86. The lowest BCUT2D eigenvalue weighted by atomic mass is 10.1. The van der Waals surface area contributed by atoms with E-state index in [-0.39, 0.29) is 0 Å². The van der Waals surface area contributed by atoms with Gasteiger partial charge < -0.3 is 14.8 Å². The fraction of sp³-hybridized carbons (Fsp3) is 0.227. The smallest absolute Gasteiger partial charge is 0.159 e. The largest absolute Gasteiger partial charge is 0.367 e. The monoisotopic (exact) mass is 411 g/mol. The molecule has 0 saturated carbocycles. The van der Waals surface area contributed by atoms with Crippen LogP contribution in [0.1, 0.15) is 0 Å². The van der Waals surface area contributed by atoms with Crippen molar-refractivity contribution in [2.24, 2.45) is 0 Å². The fourth-order valence-electron chi connectivity index (χ4n) is 4.12. The molecule has 5 aromatic rings. The van der Waals surface area contributed by atoms with Crippen molar-refractivity contribution < 1.29 is 0 Å². The molecular formula is C22H21N9. The molecule has 154 valence electrons. The number of H-pyrrole nitrogens is 2. The quantitative estimate of drug-likeness (QED) is 0.471. The number of para-hydroxylation sites is 1. The van der Waals surface area contributed by atoms with Gasteiger partial charge in [-0.05, 0) is 25.2 Å². The van der Waals surface area contributed by atoms with Crippen molar-refractivity contribution >= 4 is 27.6 Å². The van der Waals surface area contributed by atoms with E-state index in [2.05, 4.69) is 65.2 Å². The van der Waals surface area contributed by atoms with E-state index in [1.165, 1.54) is 6.33 Å². The minimum atomic E-state index is 0.740. The molecule has 6 rings (SSSR count). The number of pyridine rings is 1. The van der Waals surface area contributed by atoms with E-state index >= 15 is 0 Å². The highest BCUT2D eigenvalue weighted by molar-refractivity contribution is 5.96. The first-order chi connectivity index (χ1) is 15.3. The van der Waals surface area contributed by atoms with Gasteiger partial charge in [-0.1, -0.05) is 6.07 Å². The summed E-state index contributed by atoms with van der Waals surface area (Å²) in [5.41, 5.74) is 6.43. The van der Waals surface area contributed by atoms with E-state index in [1.54, 1.807) is 18.6 Å². The summed E-state index contributed by atoms with van der Waals surface area (Å²) in [4.78, 5) is 25.9. The normalized spacial score (nSPS) is 15.2. The molecule has 1 aliphatic rings. The summed E-state index contributed by atoms with van der Waals surface area (Å²) >= 11 is 0. The molecule has 0 atom stereocenters. The zero-order valence-corrected chi connectivity index (χ0v) is 17.1. The molecule has 5 heterocycles. The van der Waals surface area contributed by atoms with Crippen molar-refractivity contribution in [1.29, 1.82) is 0 Å². The summed E-state index contributed by atoms with van der Waals surface area (Å²) in [6.07, 6.45) is 6.80. The van der Waals surface area contributed by atoms with Crippen LogP contribution in [0.25, 0.3) is 44.7 Å². The van der Waals surface area contributed by atoms with Crippen LogP contribution in [0.2, 0.25) is 0 Å². The van der Waals surface area contributed by atoms with Crippen molar-refractivity contribution in [1.82, 2.24) is 40.0 Å². The lowest BCUT2D eigenvalue weighted by molar-refractivity contribution is 0.313. The Labute approximate surface area is 178 Å².